The van der Waals surface area contributed by atoms with Crippen LogP contribution in [0.2, 0.25) is 0 Å². The molecule has 2 aliphatic heterocycles. The van der Waals surface area contributed by atoms with Gasteiger partial charge in [0.05, 0.1) is 6.54 Å². The predicted octanol–water partition coefficient (Wildman–Crippen LogP) is 0.816. The molecule has 0 unspecified atom stereocenters. The van der Waals surface area contributed by atoms with Crippen molar-refractivity contribution in [2.24, 2.45) is 0 Å². The van der Waals surface area contributed by atoms with E-state index >= 15 is 0 Å². The molecule has 126 valence electrons. The molecule has 0 saturated carbocycles. The van der Waals surface area contributed by atoms with Crippen molar-refractivity contribution in [1.29, 1.82) is 0 Å². The molecule has 0 aromatic carbocycles. The molecule has 0 spiro atoms. The number of carbonyl (C=O) groups is 2. The summed E-state index contributed by atoms with van der Waals surface area (Å²) in [7, 11) is 0. The molecule has 2 aliphatic rings. The van der Waals surface area contributed by atoms with Gasteiger partial charge in [0.25, 0.3) is 0 Å². The summed E-state index contributed by atoms with van der Waals surface area (Å²) in [6.45, 7) is 7.22. The molecule has 2 fully saturated rings. The van der Waals surface area contributed by atoms with Gasteiger partial charge in [-0.3, -0.25) is 14.5 Å². The van der Waals surface area contributed by atoms with Crippen LogP contribution >= 0.6 is 0 Å². The average Bonchev–Trinajstić information content (AvgIpc) is 3.27. The van der Waals surface area contributed by atoms with Crippen LogP contribution in [0.5, 0.6) is 0 Å². The van der Waals surface area contributed by atoms with Gasteiger partial charge in [-0.25, -0.2) is 0 Å². The van der Waals surface area contributed by atoms with Crippen molar-refractivity contribution in [2.75, 3.05) is 45.8 Å². The van der Waals surface area contributed by atoms with Gasteiger partial charge in [0.15, 0.2) is 0 Å². The molecular formula is C17H26N4O2. The number of hydrogen-bond donors (Lipinski definition) is 0. The number of carbonyl (C=O) groups excluding carboxylic acids is 2. The Hall–Kier alpha value is -1.82. The summed E-state index contributed by atoms with van der Waals surface area (Å²) in [5.74, 6) is 0.398. The Bertz CT molecular complexity index is 529. The summed E-state index contributed by atoms with van der Waals surface area (Å²) >= 11 is 0. The molecule has 1 aromatic heterocycles. The highest BCUT2D eigenvalue weighted by Gasteiger charge is 2.27. The summed E-state index contributed by atoms with van der Waals surface area (Å²) in [5, 5.41) is 0. The maximum atomic E-state index is 12.5. The average molecular weight is 318 g/mol. The van der Waals surface area contributed by atoms with E-state index in [0.29, 0.717) is 19.6 Å². The van der Waals surface area contributed by atoms with E-state index in [2.05, 4.69) is 4.90 Å². The molecule has 0 N–H and O–H groups in total. The second-order valence-corrected chi connectivity index (χ2v) is 6.50. The number of aromatic nitrogens is 1. The maximum absolute atomic E-state index is 12.5. The van der Waals surface area contributed by atoms with Gasteiger partial charge >= 0.3 is 0 Å². The third-order valence-corrected chi connectivity index (χ3v) is 4.93. The van der Waals surface area contributed by atoms with Crippen LogP contribution in [0.1, 0.15) is 25.8 Å². The van der Waals surface area contributed by atoms with Gasteiger partial charge in [-0.2, -0.15) is 0 Å². The lowest BCUT2D eigenvalue weighted by Crippen LogP contribution is -2.52. The summed E-state index contributed by atoms with van der Waals surface area (Å²) in [6.07, 6.45) is 6.11. The zero-order valence-electron chi connectivity index (χ0n) is 13.9. The van der Waals surface area contributed by atoms with Gasteiger partial charge in [0.2, 0.25) is 11.8 Å². The number of likely N-dealkylation sites (tertiary alicyclic amines) is 1. The minimum absolute atomic E-state index is 0.159. The number of nitrogens with zero attached hydrogens (tertiary/aromatic N) is 4. The summed E-state index contributed by atoms with van der Waals surface area (Å²) < 4.78 is 1.94. The normalized spacial score (nSPS) is 20.7. The zero-order chi connectivity index (χ0) is 16.2. The monoisotopic (exact) mass is 318 g/mol. The van der Waals surface area contributed by atoms with Crippen LogP contribution in [0.4, 0.5) is 0 Å². The van der Waals surface area contributed by atoms with Gasteiger partial charge in [-0.15, -0.1) is 0 Å². The molecular weight excluding hydrogens is 292 g/mol. The van der Waals surface area contributed by atoms with E-state index < -0.39 is 0 Å². The van der Waals surface area contributed by atoms with E-state index in [1.165, 1.54) is 0 Å². The Labute approximate surface area is 137 Å². The molecule has 3 rings (SSSR count). The van der Waals surface area contributed by atoms with Crippen LogP contribution in [-0.4, -0.2) is 76.9 Å². The smallest absolute Gasteiger partial charge is 0.245 e. The predicted molar refractivity (Wildman–Crippen MR) is 88.0 cm³/mol. The molecule has 23 heavy (non-hydrogen) atoms. The lowest BCUT2D eigenvalue weighted by Gasteiger charge is -2.36. The minimum Gasteiger partial charge on any atom is -0.342 e. The quantitative estimate of drug-likeness (QED) is 0.826. The number of rotatable bonds is 4. The fourth-order valence-corrected chi connectivity index (χ4v) is 3.38. The summed E-state index contributed by atoms with van der Waals surface area (Å²) in [4.78, 5) is 30.8. The van der Waals surface area contributed by atoms with E-state index in [-0.39, 0.29) is 17.9 Å². The molecule has 6 heteroatoms. The highest BCUT2D eigenvalue weighted by Crippen LogP contribution is 2.13. The van der Waals surface area contributed by atoms with Crippen LogP contribution in [0, 0.1) is 0 Å². The number of piperazine rings is 1. The van der Waals surface area contributed by atoms with Crippen molar-refractivity contribution in [3.05, 3.63) is 24.5 Å². The van der Waals surface area contributed by atoms with Crippen molar-refractivity contribution in [1.82, 2.24) is 19.3 Å². The van der Waals surface area contributed by atoms with Crippen molar-refractivity contribution in [3.8, 4) is 0 Å². The highest BCUT2D eigenvalue weighted by atomic mass is 16.2. The van der Waals surface area contributed by atoms with Gasteiger partial charge in [0.1, 0.15) is 6.04 Å². The first-order chi connectivity index (χ1) is 11.1. The van der Waals surface area contributed by atoms with Crippen LogP contribution in [0.3, 0.4) is 0 Å². The topological polar surface area (TPSA) is 48.8 Å². The Balaban J connectivity index is 1.46. The fraction of sp³-hybridized carbons (Fsp3) is 0.647. The second kappa shape index (κ2) is 7.17. The van der Waals surface area contributed by atoms with Gasteiger partial charge in [0, 0.05) is 51.7 Å². The van der Waals surface area contributed by atoms with E-state index in [0.717, 1.165) is 39.0 Å². The standard InChI is InChI=1S/C17H26N4O2/c1-15(19-6-2-3-7-19)17(23)21-12-10-18(11-13-21)14-16(22)20-8-4-5-9-20/h2-3,6-7,15H,4-5,8-14H2,1H3/t15-/m0/s1. The van der Waals surface area contributed by atoms with E-state index in [9.17, 15) is 9.59 Å². The van der Waals surface area contributed by atoms with Crippen molar-refractivity contribution in [2.45, 2.75) is 25.8 Å². The maximum Gasteiger partial charge on any atom is 0.245 e. The van der Waals surface area contributed by atoms with Crippen LogP contribution in [-0.2, 0) is 9.59 Å². The van der Waals surface area contributed by atoms with Crippen LogP contribution in [0.15, 0.2) is 24.5 Å². The third kappa shape index (κ3) is 3.75. The van der Waals surface area contributed by atoms with Crippen molar-refractivity contribution >= 4 is 11.8 Å². The molecule has 6 nitrogen and oxygen atoms in total. The summed E-state index contributed by atoms with van der Waals surface area (Å²) in [6, 6.07) is 3.71. The molecule has 1 aromatic rings. The molecule has 0 radical (unpaired) electrons. The number of amides is 2. The van der Waals surface area contributed by atoms with Crippen LogP contribution < -0.4 is 0 Å². The molecule has 3 heterocycles. The van der Waals surface area contributed by atoms with Gasteiger partial charge in [-0.1, -0.05) is 0 Å². The summed E-state index contributed by atoms with van der Waals surface area (Å²) in [5.41, 5.74) is 0. The fourth-order valence-electron chi connectivity index (χ4n) is 3.38. The Morgan fingerprint density at radius 1 is 0.913 bits per heavy atom. The first kappa shape index (κ1) is 16.1. The first-order valence-electron chi connectivity index (χ1n) is 8.56. The number of hydrogen-bond acceptors (Lipinski definition) is 3. The Morgan fingerprint density at radius 2 is 1.52 bits per heavy atom. The van der Waals surface area contributed by atoms with Crippen molar-refractivity contribution in [3.63, 3.8) is 0 Å². The molecule has 1 atom stereocenters. The second-order valence-electron chi connectivity index (χ2n) is 6.50. The zero-order valence-corrected chi connectivity index (χ0v) is 13.9. The third-order valence-electron chi connectivity index (χ3n) is 4.93. The molecule has 0 bridgehead atoms. The lowest BCUT2D eigenvalue weighted by molar-refractivity contribution is -0.137. The van der Waals surface area contributed by atoms with Gasteiger partial charge in [-0.05, 0) is 31.9 Å². The molecule has 0 aliphatic carbocycles. The first-order valence-corrected chi connectivity index (χ1v) is 8.56. The minimum atomic E-state index is -0.164. The lowest BCUT2D eigenvalue weighted by atomic mass is 10.2. The van der Waals surface area contributed by atoms with E-state index in [4.69, 9.17) is 0 Å². The van der Waals surface area contributed by atoms with Crippen molar-refractivity contribution < 1.29 is 9.59 Å². The SMILES string of the molecule is C[C@@H](C(=O)N1CCN(CC(=O)N2CCCC2)CC1)n1cccc1. The largest absolute Gasteiger partial charge is 0.342 e. The van der Waals surface area contributed by atoms with Crippen LogP contribution in [0.25, 0.3) is 0 Å². The van der Waals surface area contributed by atoms with Gasteiger partial charge < -0.3 is 14.4 Å². The molecule has 2 saturated heterocycles. The van der Waals surface area contributed by atoms with E-state index in [1.807, 2.05) is 45.8 Å². The highest BCUT2D eigenvalue weighted by molar-refractivity contribution is 5.80. The Kier molecular flexibility index (Phi) is 5.00. The molecule has 2 amide bonds. The van der Waals surface area contributed by atoms with E-state index in [1.54, 1.807) is 0 Å². The Morgan fingerprint density at radius 3 is 2.13 bits per heavy atom.